The molecular weight excluding hydrogens is 338 g/mol. The Morgan fingerprint density at radius 2 is 1.78 bits per heavy atom. The van der Waals surface area contributed by atoms with E-state index in [4.69, 9.17) is 0 Å². The summed E-state index contributed by atoms with van der Waals surface area (Å²) >= 11 is 0. The predicted molar refractivity (Wildman–Crippen MR) is 108 cm³/mol. The minimum absolute atomic E-state index is 0.0868. The lowest BCUT2D eigenvalue weighted by Crippen LogP contribution is -2.14. The number of carboxylic acid groups (broad SMARTS) is 1. The molecule has 0 radical (unpaired) electrons. The number of anilines is 1. The summed E-state index contributed by atoms with van der Waals surface area (Å²) in [6, 6.07) is 13.8. The van der Waals surface area contributed by atoms with Crippen molar-refractivity contribution in [1.82, 2.24) is 0 Å². The number of nitrogens with one attached hydrogen (secondary N) is 1. The maximum atomic E-state index is 12.4. The Morgan fingerprint density at radius 1 is 1.04 bits per heavy atom. The zero-order valence-corrected chi connectivity index (χ0v) is 15.4. The smallest absolute Gasteiger partial charge is 0.337 e. The van der Waals surface area contributed by atoms with Crippen LogP contribution in [0.2, 0.25) is 0 Å². The molecule has 1 aliphatic rings. The standard InChI is InChI=1S/C23H25NO3/c25-22(19-12-5-2-6-13-19)24-21-16-18(14-15-20(21)23(26)27)11-7-10-17-8-3-1-4-9-17/h2,5-7,11-17H,1,3-4,8-10H2,(H,24,25)(H,26,27). The fraction of sp³-hybridized carbons (Fsp3) is 0.304. The van der Waals surface area contributed by atoms with Crippen LogP contribution in [0.1, 0.15) is 64.8 Å². The highest BCUT2D eigenvalue weighted by atomic mass is 16.4. The summed E-state index contributed by atoms with van der Waals surface area (Å²) in [5, 5.41) is 12.2. The normalized spacial score (nSPS) is 15.0. The van der Waals surface area contributed by atoms with Gasteiger partial charge in [-0.2, -0.15) is 0 Å². The molecule has 0 bridgehead atoms. The second kappa shape index (κ2) is 9.17. The molecule has 0 saturated heterocycles. The Morgan fingerprint density at radius 3 is 2.48 bits per heavy atom. The lowest BCUT2D eigenvalue weighted by atomic mass is 9.87. The highest BCUT2D eigenvalue weighted by molar-refractivity contribution is 6.07. The van der Waals surface area contributed by atoms with Crippen molar-refractivity contribution in [1.29, 1.82) is 0 Å². The maximum Gasteiger partial charge on any atom is 0.337 e. The second-order valence-corrected chi connectivity index (χ2v) is 7.07. The van der Waals surface area contributed by atoms with Gasteiger partial charge in [-0.05, 0) is 42.2 Å². The Hall–Kier alpha value is -2.88. The number of aromatic carboxylic acids is 1. The van der Waals surface area contributed by atoms with Crippen molar-refractivity contribution >= 4 is 23.6 Å². The van der Waals surface area contributed by atoms with Gasteiger partial charge in [-0.15, -0.1) is 0 Å². The van der Waals surface area contributed by atoms with E-state index in [2.05, 4.69) is 11.4 Å². The molecule has 27 heavy (non-hydrogen) atoms. The van der Waals surface area contributed by atoms with Crippen LogP contribution in [0.3, 0.4) is 0 Å². The molecule has 0 aliphatic heterocycles. The van der Waals surface area contributed by atoms with E-state index >= 15 is 0 Å². The quantitative estimate of drug-likeness (QED) is 0.700. The van der Waals surface area contributed by atoms with Crippen molar-refractivity contribution in [2.24, 2.45) is 5.92 Å². The molecule has 0 heterocycles. The number of hydrogen-bond acceptors (Lipinski definition) is 2. The monoisotopic (exact) mass is 363 g/mol. The predicted octanol–water partition coefficient (Wildman–Crippen LogP) is 5.62. The molecule has 1 amide bonds. The van der Waals surface area contributed by atoms with Crippen LogP contribution in [0.25, 0.3) is 6.08 Å². The van der Waals surface area contributed by atoms with Crippen LogP contribution in [-0.4, -0.2) is 17.0 Å². The average Bonchev–Trinajstić information content (AvgIpc) is 2.69. The molecule has 2 N–H and O–H groups in total. The number of carbonyl (C=O) groups is 2. The number of hydrogen-bond donors (Lipinski definition) is 2. The molecule has 4 nitrogen and oxygen atoms in total. The molecular formula is C23H25NO3. The van der Waals surface area contributed by atoms with Gasteiger partial charge in [-0.1, -0.05) is 68.5 Å². The Balaban J connectivity index is 1.74. The summed E-state index contributed by atoms with van der Waals surface area (Å²) in [6.45, 7) is 0. The molecule has 140 valence electrons. The second-order valence-electron chi connectivity index (χ2n) is 7.07. The fourth-order valence-corrected chi connectivity index (χ4v) is 3.56. The summed E-state index contributed by atoms with van der Waals surface area (Å²) in [6.07, 6.45) is 11.8. The topological polar surface area (TPSA) is 66.4 Å². The van der Waals surface area contributed by atoms with Gasteiger partial charge < -0.3 is 10.4 Å². The van der Waals surface area contributed by atoms with Crippen LogP contribution in [0.15, 0.2) is 54.6 Å². The van der Waals surface area contributed by atoms with E-state index in [-0.39, 0.29) is 11.5 Å². The van der Waals surface area contributed by atoms with Gasteiger partial charge >= 0.3 is 5.97 Å². The number of benzene rings is 2. The van der Waals surface area contributed by atoms with Gasteiger partial charge in [-0.25, -0.2) is 4.79 Å². The van der Waals surface area contributed by atoms with E-state index in [0.29, 0.717) is 11.3 Å². The Labute approximate surface area is 159 Å². The van der Waals surface area contributed by atoms with Gasteiger partial charge in [0.25, 0.3) is 5.91 Å². The first kappa shape index (κ1) is 18.9. The van der Waals surface area contributed by atoms with Crippen molar-refractivity contribution < 1.29 is 14.7 Å². The third-order valence-corrected chi connectivity index (χ3v) is 5.06. The van der Waals surface area contributed by atoms with Crippen LogP contribution in [-0.2, 0) is 0 Å². The minimum atomic E-state index is -1.06. The zero-order chi connectivity index (χ0) is 19.1. The number of allylic oxidation sites excluding steroid dienone is 1. The summed E-state index contributed by atoms with van der Waals surface area (Å²) in [4.78, 5) is 23.9. The van der Waals surface area contributed by atoms with Gasteiger partial charge in [0.1, 0.15) is 0 Å². The first-order valence-electron chi connectivity index (χ1n) is 9.54. The summed E-state index contributed by atoms with van der Waals surface area (Å²) in [5.74, 6) is -0.622. The third kappa shape index (κ3) is 5.30. The van der Waals surface area contributed by atoms with Crippen molar-refractivity contribution in [2.75, 3.05) is 5.32 Å². The first-order chi connectivity index (χ1) is 13.1. The van der Waals surface area contributed by atoms with Crippen LogP contribution in [0, 0.1) is 5.92 Å². The van der Waals surface area contributed by atoms with E-state index in [0.717, 1.165) is 17.9 Å². The van der Waals surface area contributed by atoms with E-state index in [9.17, 15) is 14.7 Å². The number of carbonyl (C=O) groups excluding carboxylic acids is 1. The Kier molecular flexibility index (Phi) is 6.42. The highest BCUT2D eigenvalue weighted by Crippen LogP contribution is 2.27. The van der Waals surface area contributed by atoms with Crippen LogP contribution in [0.5, 0.6) is 0 Å². The molecule has 0 aromatic heterocycles. The van der Waals surface area contributed by atoms with Crippen LogP contribution < -0.4 is 5.32 Å². The van der Waals surface area contributed by atoms with Crippen molar-refractivity contribution in [3.05, 3.63) is 71.3 Å². The van der Waals surface area contributed by atoms with Crippen molar-refractivity contribution in [2.45, 2.75) is 38.5 Å². The number of amides is 1. The molecule has 3 rings (SSSR count). The number of rotatable bonds is 6. The fourth-order valence-electron chi connectivity index (χ4n) is 3.56. The zero-order valence-electron chi connectivity index (χ0n) is 15.4. The molecule has 1 aliphatic carbocycles. The lowest BCUT2D eigenvalue weighted by Gasteiger charge is -2.19. The van der Waals surface area contributed by atoms with Gasteiger partial charge in [0.05, 0.1) is 11.3 Å². The molecule has 4 heteroatoms. The summed E-state index contributed by atoms with van der Waals surface area (Å²) < 4.78 is 0. The molecule has 2 aromatic rings. The van der Waals surface area contributed by atoms with Crippen molar-refractivity contribution in [3.63, 3.8) is 0 Å². The Bertz CT molecular complexity index is 821. The molecule has 1 saturated carbocycles. The van der Waals surface area contributed by atoms with Crippen LogP contribution in [0.4, 0.5) is 5.69 Å². The molecule has 0 spiro atoms. The third-order valence-electron chi connectivity index (χ3n) is 5.06. The van der Waals surface area contributed by atoms with Crippen LogP contribution >= 0.6 is 0 Å². The maximum absolute atomic E-state index is 12.4. The molecule has 0 unspecified atom stereocenters. The summed E-state index contributed by atoms with van der Waals surface area (Å²) in [5.41, 5.74) is 1.78. The van der Waals surface area contributed by atoms with E-state index in [1.807, 2.05) is 12.1 Å². The van der Waals surface area contributed by atoms with Gasteiger partial charge in [0, 0.05) is 5.56 Å². The van der Waals surface area contributed by atoms with Gasteiger partial charge in [0.15, 0.2) is 0 Å². The van der Waals surface area contributed by atoms with Gasteiger partial charge in [0.2, 0.25) is 0 Å². The summed E-state index contributed by atoms with van der Waals surface area (Å²) in [7, 11) is 0. The lowest BCUT2D eigenvalue weighted by molar-refractivity contribution is 0.0698. The highest BCUT2D eigenvalue weighted by Gasteiger charge is 2.14. The SMILES string of the molecule is O=C(Nc1cc(C=CCC2CCCCC2)ccc1C(=O)O)c1ccccc1. The van der Waals surface area contributed by atoms with E-state index in [1.165, 1.54) is 32.1 Å². The average molecular weight is 363 g/mol. The van der Waals surface area contributed by atoms with Gasteiger partial charge in [-0.3, -0.25) is 4.79 Å². The molecule has 0 atom stereocenters. The molecule has 2 aromatic carbocycles. The van der Waals surface area contributed by atoms with Crippen molar-refractivity contribution in [3.8, 4) is 0 Å². The van der Waals surface area contributed by atoms with E-state index in [1.54, 1.807) is 42.5 Å². The minimum Gasteiger partial charge on any atom is -0.478 e. The first-order valence-corrected chi connectivity index (χ1v) is 9.54. The number of carboxylic acids is 1. The molecule has 1 fully saturated rings. The largest absolute Gasteiger partial charge is 0.478 e. The van der Waals surface area contributed by atoms with E-state index < -0.39 is 5.97 Å².